The molecule has 1 aliphatic carbocycles. The molecule has 0 saturated carbocycles. The average molecular weight is 466 g/mol. The summed E-state index contributed by atoms with van der Waals surface area (Å²) in [6, 6.07) is 14.2. The van der Waals surface area contributed by atoms with Crippen LogP contribution in [-0.2, 0) is 19.1 Å². The second-order valence-corrected chi connectivity index (χ2v) is 8.50. The van der Waals surface area contributed by atoms with Gasteiger partial charge in [-0.15, -0.1) is 0 Å². The van der Waals surface area contributed by atoms with E-state index >= 15 is 0 Å². The van der Waals surface area contributed by atoms with E-state index in [4.69, 9.17) is 4.74 Å². The van der Waals surface area contributed by atoms with E-state index in [2.05, 4.69) is 16.0 Å². The summed E-state index contributed by atoms with van der Waals surface area (Å²) < 4.78 is 5.45. The van der Waals surface area contributed by atoms with Gasteiger partial charge in [0.2, 0.25) is 11.8 Å². The van der Waals surface area contributed by atoms with Crippen LogP contribution in [0.1, 0.15) is 42.7 Å². The molecule has 9 nitrogen and oxygen atoms in total. The van der Waals surface area contributed by atoms with Crippen molar-refractivity contribution in [3.63, 3.8) is 0 Å². The fraction of sp³-hybridized carbons (Fsp3) is 0.360. The molecule has 0 aromatic heterocycles. The van der Waals surface area contributed by atoms with Gasteiger partial charge in [-0.05, 0) is 35.1 Å². The van der Waals surface area contributed by atoms with Crippen molar-refractivity contribution in [2.45, 2.75) is 43.7 Å². The minimum atomic E-state index is -1.29. The normalized spacial score (nSPS) is 18.0. The number of alkyl carbamates (subject to hydrolysis) is 1. The third-order valence-electron chi connectivity index (χ3n) is 6.21. The smallest absolute Gasteiger partial charge is 0.407 e. The molecule has 0 spiro atoms. The first kappa shape index (κ1) is 23.3. The fourth-order valence-electron chi connectivity index (χ4n) is 4.54. The van der Waals surface area contributed by atoms with E-state index < -0.39 is 30.4 Å². The predicted molar refractivity (Wildman–Crippen MR) is 123 cm³/mol. The molecule has 1 fully saturated rings. The van der Waals surface area contributed by atoms with Crippen LogP contribution in [0, 0.1) is 0 Å². The summed E-state index contributed by atoms with van der Waals surface area (Å²) in [6.45, 7) is 0.477. The Morgan fingerprint density at radius 1 is 1.03 bits per heavy atom. The van der Waals surface area contributed by atoms with Crippen LogP contribution in [0.3, 0.4) is 0 Å². The number of carbonyl (C=O) groups excluding carboxylic acids is 3. The molecule has 1 heterocycles. The van der Waals surface area contributed by atoms with Crippen LogP contribution in [0.2, 0.25) is 0 Å². The number of nitrogens with one attached hydrogen (secondary N) is 3. The SMILES string of the molecule is O=C(O)CC(NC(=O)OCC1c2ccccc2-c2ccccc21)C(=O)NC1CCNC(=O)CC1. The second kappa shape index (κ2) is 10.4. The van der Waals surface area contributed by atoms with Crippen LogP contribution in [0.15, 0.2) is 48.5 Å². The number of benzene rings is 2. The zero-order valence-corrected chi connectivity index (χ0v) is 18.6. The molecule has 2 aromatic rings. The Morgan fingerprint density at radius 2 is 1.68 bits per heavy atom. The standard InChI is InChI=1S/C25H27N3O6/c29-22-10-9-15(11-12-26-22)27-24(32)21(13-23(30)31)28-25(33)34-14-20-18-7-3-1-5-16(18)17-6-2-4-8-19(17)20/h1-8,15,20-21H,9-14H2,(H,26,29)(H,27,32)(H,28,33)(H,30,31). The highest BCUT2D eigenvalue weighted by molar-refractivity contribution is 5.89. The molecule has 2 aromatic carbocycles. The van der Waals surface area contributed by atoms with E-state index in [1.165, 1.54) is 0 Å². The summed E-state index contributed by atoms with van der Waals surface area (Å²) in [5, 5.41) is 17.1. The number of rotatable bonds is 7. The van der Waals surface area contributed by atoms with E-state index in [0.717, 1.165) is 22.3 Å². The monoisotopic (exact) mass is 465 g/mol. The average Bonchev–Trinajstić information content (AvgIpc) is 2.99. The minimum absolute atomic E-state index is 0.0533. The summed E-state index contributed by atoms with van der Waals surface area (Å²) in [7, 11) is 0. The Labute approximate surface area is 196 Å². The maximum absolute atomic E-state index is 12.7. The molecule has 34 heavy (non-hydrogen) atoms. The van der Waals surface area contributed by atoms with Gasteiger partial charge in [-0.25, -0.2) is 4.79 Å². The predicted octanol–water partition coefficient (Wildman–Crippen LogP) is 2.15. The molecule has 1 saturated heterocycles. The highest BCUT2D eigenvalue weighted by Gasteiger charge is 2.31. The van der Waals surface area contributed by atoms with Gasteiger partial charge in [0.1, 0.15) is 12.6 Å². The van der Waals surface area contributed by atoms with Gasteiger partial charge in [0, 0.05) is 24.9 Å². The number of hydrogen-bond acceptors (Lipinski definition) is 5. The number of ether oxygens (including phenoxy) is 1. The van der Waals surface area contributed by atoms with Gasteiger partial charge in [-0.3, -0.25) is 14.4 Å². The quantitative estimate of drug-likeness (QED) is 0.495. The van der Waals surface area contributed by atoms with Crippen molar-refractivity contribution in [2.24, 2.45) is 0 Å². The van der Waals surface area contributed by atoms with Gasteiger partial charge in [0.05, 0.1) is 6.42 Å². The Bertz CT molecular complexity index is 1060. The van der Waals surface area contributed by atoms with Gasteiger partial charge in [-0.1, -0.05) is 48.5 Å². The van der Waals surface area contributed by atoms with Gasteiger partial charge in [0.25, 0.3) is 0 Å². The summed E-state index contributed by atoms with van der Waals surface area (Å²) in [4.78, 5) is 48.1. The first-order valence-electron chi connectivity index (χ1n) is 11.3. The summed E-state index contributed by atoms with van der Waals surface area (Å²) in [6.07, 6.45) is -0.195. The molecule has 2 atom stereocenters. The second-order valence-electron chi connectivity index (χ2n) is 8.50. The lowest BCUT2D eigenvalue weighted by molar-refractivity contribution is -0.140. The van der Waals surface area contributed by atoms with E-state index in [9.17, 15) is 24.3 Å². The van der Waals surface area contributed by atoms with Crippen LogP contribution < -0.4 is 16.0 Å². The van der Waals surface area contributed by atoms with Crippen molar-refractivity contribution in [2.75, 3.05) is 13.2 Å². The van der Waals surface area contributed by atoms with Crippen molar-refractivity contribution in [1.29, 1.82) is 0 Å². The van der Waals surface area contributed by atoms with E-state index in [0.29, 0.717) is 19.4 Å². The van der Waals surface area contributed by atoms with Crippen LogP contribution in [-0.4, -0.2) is 54.2 Å². The molecule has 2 aliphatic rings. The number of fused-ring (bicyclic) bond motifs is 3. The molecule has 9 heteroatoms. The fourth-order valence-corrected chi connectivity index (χ4v) is 4.54. The Balaban J connectivity index is 1.38. The Kier molecular flexibility index (Phi) is 7.10. The van der Waals surface area contributed by atoms with Crippen LogP contribution in [0.5, 0.6) is 0 Å². The molecule has 1 aliphatic heterocycles. The molecule has 2 unspecified atom stereocenters. The number of hydrogen-bond donors (Lipinski definition) is 4. The van der Waals surface area contributed by atoms with Crippen molar-refractivity contribution < 1.29 is 29.0 Å². The lowest BCUT2D eigenvalue weighted by atomic mass is 9.98. The highest BCUT2D eigenvalue weighted by atomic mass is 16.5. The van der Waals surface area contributed by atoms with E-state index in [-0.39, 0.29) is 30.9 Å². The molecular formula is C25H27N3O6. The van der Waals surface area contributed by atoms with Crippen molar-refractivity contribution in [3.8, 4) is 11.1 Å². The summed E-state index contributed by atoms with van der Waals surface area (Å²) in [5.74, 6) is -2.08. The van der Waals surface area contributed by atoms with Gasteiger partial charge in [0.15, 0.2) is 0 Å². The number of carboxylic acids is 1. The number of carbonyl (C=O) groups is 4. The Morgan fingerprint density at radius 3 is 2.32 bits per heavy atom. The highest BCUT2D eigenvalue weighted by Crippen LogP contribution is 2.44. The maximum atomic E-state index is 12.7. The third-order valence-corrected chi connectivity index (χ3v) is 6.21. The zero-order chi connectivity index (χ0) is 24.1. The lowest BCUT2D eigenvalue weighted by Gasteiger charge is -2.22. The molecule has 0 bridgehead atoms. The van der Waals surface area contributed by atoms with Crippen LogP contribution >= 0.6 is 0 Å². The largest absolute Gasteiger partial charge is 0.481 e. The van der Waals surface area contributed by atoms with Gasteiger partial charge in [-0.2, -0.15) is 0 Å². The Hall–Kier alpha value is -3.88. The first-order chi connectivity index (χ1) is 16.4. The van der Waals surface area contributed by atoms with Crippen LogP contribution in [0.25, 0.3) is 11.1 Å². The maximum Gasteiger partial charge on any atom is 0.407 e. The lowest BCUT2D eigenvalue weighted by Crippen LogP contribution is -2.50. The van der Waals surface area contributed by atoms with Crippen LogP contribution in [0.4, 0.5) is 4.79 Å². The van der Waals surface area contributed by atoms with E-state index in [1.54, 1.807) is 0 Å². The van der Waals surface area contributed by atoms with E-state index in [1.807, 2.05) is 48.5 Å². The number of amides is 3. The molecule has 0 radical (unpaired) electrons. The summed E-state index contributed by atoms with van der Waals surface area (Å²) >= 11 is 0. The third kappa shape index (κ3) is 5.36. The molecule has 4 N–H and O–H groups in total. The minimum Gasteiger partial charge on any atom is -0.481 e. The number of aliphatic carboxylic acids is 1. The van der Waals surface area contributed by atoms with Gasteiger partial charge >= 0.3 is 12.1 Å². The molecule has 3 amide bonds. The first-order valence-corrected chi connectivity index (χ1v) is 11.3. The summed E-state index contributed by atoms with van der Waals surface area (Å²) in [5.41, 5.74) is 4.28. The zero-order valence-electron chi connectivity index (χ0n) is 18.6. The topological polar surface area (TPSA) is 134 Å². The van der Waals surface area contributed by atoms with Crippen molar-refractivity contribution in [1.82, 2.24) is 16.0 Å². The number of carboxylic acid groups (broad SMARTS) is 1. The van der Waals surface area contributed by atoms with Crippen molar-refractivity contribution >= 4 is 23.9 Å². The van der Waals surface area contributed by atoms with Gasteiger partial charge < -0.3 is 25.8 Å². The molecular weight excluding hydrogens is 438 g/mol. The molecule has 178 valence electrons. The van der Waals surface area contributed by atoms with Crippen molar-refractivity contribution in [3.05, 3.63) is 59.7 Å². The molecule has 4 rings (SSSR count).